The van der Waals surface area contributed by atoms with Crippen molar-refractivity contribution in [2.75, 3.05) is 27.2 Å². The fraction of sp³-hybridized carbons (Fsp3) is 0.750. The Labute approximate surface area is 97.7 Å². The van der Waals surface area contributed by atoms with Crippen LogP contribution < -0.4 is 5.32 Å². The number of nitrogens with one attached hydrogen (secondary N) is 1. The molecule has 16 heavy (non-hydrogen) atoms. The summed E-state index contributed by atoms with van der Waals surface area (Å²) in [6.45, 7) is 3.36. The number of imidazole rings is 1. The number of rotatable bonds is 5. The highest BCUT2D eigenvalue weighted by Gasteiger charge is 2.19. The Morgan fingerprint density at radius 1 is 1.56 bits per heavy atom. The number of aryl methyl sites for hydroxylation is 1. The largest absolute Gasteiger partial charge is 0.333 e. The third-order valence-electron chi connectivity index (χ3n) is 3.17. The van der Waals surface area contributed by atoms with Crippen LogP contribution in [-0.2, 0) is 6.54 Å². The smallest absolute Gasteiger partial charge is 0.0948 e. The van der Waals surface area contributed by atoms with Gasteiger partial charge >= 0.3 is 0 Å². The second-order valence-electron chi connectivity index (χ2n) is 4.82. The molecule has 1 aliphatic heterocycles. The summed E-state index contributed by atoms with van der Waals surface area (Å²) in [5.41, 5.74) is 1.36. The topological polar surface area (TPSA) is 33.1 Å². The van der Waals surface area contributed by atoms with Crippen LogP contribution in [0, 0.1) is 0 Å². The summed E-state index contributed by atoms with van der Waals surface area (Å²) in [4.78, 5) is 6.50. The van der Waals surface area contributed by atoms with E-state index in [1.54, 1.807) is 0 Å². The highest BCUT2D eigenvalue weighted by molar-refractivity contribution is 5.07. The Balaban J connectivity index is 1.91. The van der Waals surface area contributed by atoms with Gasteiger partial charge in [-0.05, 0) is 46.4 Å². The maximum Gasteiger partial charge on any atom is 0.0948 e. The van der Waals surface area contributed by atoms with Crippen molar-refractivity contribution >= 4 is 0 Å². The maximum atomic E-state index is 4.27. The molecule has 1 fully saturated rings. The first-order valence-electron chi connectivity index (χ1n) is 6.15. The zero-order chi connectivity index (χ0) is 11.4. The molecule has 2 heterocycles. The van der Waals surface area contributed by atoms with Crippen molar-refractivity contribution in [2.24, 2.45) is 0 Å². The van der Waals surface area contributed by atoms with E-state index in [-0.39, 0.29) is 0 Å². The van der Waals surface area contributed by atoms with Gasteiger partial charge in [-0.3, -0.25) is 0 Å². The Hall–Kier alpha value is -0.870. The average molecular weight is 222 g/mol. The lowest BCUT2D eigenvalue weighted by atomic mass is 10.2. The zero-order valence-corrected chi connectivity index (χ0v) is 10.3. The lowest BCUT2D eigenvalue weighted by Crippen LogP contribution is -2.19. The first kappa shape index (κ1) is 11.6. The molecule has 90 valence electrons. The molecule has 0 aliphatic carbocycles. The van der Waals surface area contributed by atoms with Gasteiger partial charge in [-0.25, -0.2) is 4.98 Å². The standard InChI is InChI=1S/C12H22N4/c1-15(2)7-4-8-16-10-13-9-12(16)11-5-3-6-14-11/h9-11,14H,3-8H2,1-2H3/t11-/m0/s1. The molecule has 1 aromatic rings. The van der Waals surface area contributed by atoms with Crippen LogP contribution in [0.4, 0.5) is 0 Å². The molecule has 1 saturated heterocycles. The minimum atomic E-state index is 0.529. The van der Waals surface area contributed by atoms with Crippen molar-refractivity contribution in [1.29, 1.82) is 0 Å². The van der Waals surface area contributed by atoms with E-state index >= 15 is 0 Å². The first-order valence-corrected chi connectivity index (χ1v) is 6.15. The molecule has 0 spiro atoms. The summed E-state index contributed by atoms with van der Waals surface area (Å²) in [5, 5.41) is 3.53. The molecule has 4 nitrogen and oxygen atoms in total. The lowest BCUT2D eigenvalue weighted by Gasteiger charge is -2.15. The van der Waals surface area contributed by atoms with Crippen molar-refractivity contribution in [3.63, 3.8) is 0 Å². The van der Waals surface area contributed by atoms with Gasteiger partial charge in [0.15, 0.2) is 0 Å². The van der Waals surface area contributed by atoms with E-state index in [2.05, 4.69) is 33.9 Å². The molecule has 4 heteroatoms. The second-order valence-corrected chi connectivity index (χ2v) is 4.82. The van der Waals surface area contributed by atoms with Gasteiger partial charge in [0.25, 0.3) is 0 Å². The monoisotopic (exact) mass is 222 g/mol. The Bertz CT molecular complexity index is 313. The van der Waals surface area contributed by atoms with E-state index in [1.807, 2.05) is 12.5 Å². The van der Waals surface area contributed by atoms with E-state index in [0.29, 0.717) is 6.04 Å². The number of hydrogen-bond acceptors (Lipinski definition) is 3. The number of aromatic nitrogens is 2. The SMILES string of the molecule is CN(C)CCCn1cncc1[C@@H]1CCCN1. The third kappa shape index (κ3) is 2.83. The van der Waals surface area contributed by atoms with E-state index < -0.39 is 0 Å². The summed E-state index contributed by atoms with van der Waals surface area (Å²) < 4.78 is 2.30. The number of nitrogens with zero attached hydrogens (tertiary/aromatic N) is 3. The van der Waals surface area contributed by atoms with Gasteiger partial charge in [-0.1, -0.05) is 0 Å². The molecule has 0 unspecified atom stereocenters. The zero-order valence-electron chi connectivity index (χ0n) is 10.3. The molecule has 2 rings (SSSR count). The van der Waals surface area contributed by atoms with Crippen molar-refractivity contribution in [1.82, 2.24) is 19.8 Å². The van der Waals surface area contributed by atoms with Gasteiger partial charge in [0.2, 0.25) is 0 Å². The van der Waals surface area contributed by atoms with Crippen molar-refractivity contribution in [3.05, 3.63) is 18.2 Å². The maximum absolute atomic E-state index is 4.27. The molecule has 0 aromatic carbocycles. The molecule has 0 radical (unpaired) electrons. The van der Waals surface area contributed by atoms with Crippen molar-refractivity contribution in [2.45, 2.75) is 31.8 Å². The van der Waals surface area contributed by atoms with Gasteiger partial charge in [-0.2, -0.15) is 0 Å². The normalized spacial score (nSPS) is 20.8. The lowest BCUT2D eigenvalue weighted by molar-refractivity contribution is 0.383. The van der Waals surface area contributed by atoms with E-state index in [4.69, 9.17) is 0 Å². The van der Waals surface area contributed by atoms with Gasteiger partial charge in [0.1, 0.15) is 0 Å². The van der Waals surface area contributed by atoms with Gasteiger partial charge in [0, 0.05) is 18.8 Å². The van der Waals surface area contributed by atoms with Crippen LogP contribution >= 0.6 is 0 Å². The van der Waals surface area contributed by atoms with E-state index in [0.717, 1.165) is 19.6 Å². The van der Waals surface area contributed by atoms with Crippen LogP contribution in [0.1, 0.15) is 31.0 Å². The average Bonchev–Trinajstić information content (AvgIpc) is 2.84. The van der Waals surface area contributed by atoms with Gasteiger partial charge in [0.05, 0.1) is 12.0 Å². The molecule has 1 aromatic heterocycles. The third-order valence-corrected chi connectivity index (χ3v) is 3.17. The molecular formula is C12H22N4. The first-order chi connectivity index (χ1) is 7.77. The molecule has 0 saturated carbocycles. The molecule has 1 aliphatic rings. The molecule has 0 bridgehead atoms. The summed E-state index contributed by atoms with van der Waals surface area (Å²) in [6.07, 6.45) is 7.69. The van der Waals surface area contributed by atoms with Crippen LogP contribution in [0.3, 0.4) is 0 Å². The molecule has 1 atom stereocenters. The summed E-state index contributed by atoms with van der Waals surface area (Å²) in [7, 11) is 4.24. The minimum Gasteiger partial charge on any atom is -0.333 e. The van der Waals surface area contributed by atoms with Gasteiger partial charge in [-0.15, -0.1) is 0 Å². The van der Waals surface area contributed by atoms with Crippen LogP contribution in [0.5, 0.6) is 0 Å². The molecular weight excluding hydrogens is 200 g/mol. The van der Waals surface area contributed by atoms with Crippen LogP contribution in [-0.4, -0.2) is 41.6 Å². The summed E-state index contributed by atoms with van der Waals surface area (Å²) >= 11 is 0. The predicted molar refractivity (Wildman–Crippen MR) is 65.4 cm³/mol. The number of hydrogen-bond donors (Lipinski definition) is 1. The van der Waals surface area contributed by atoms with E-state index in [9.17, 15) is 0 Å². The van der Waals surface area contributed by atoms with Crippen LogP contribution in [0.25, 0.3) is 0 Å². The van der Waals surface area contributed by atoms with Crippen LogP contribution in [0.15, 0.2) is 12.5 Å². The minimum absolute atomic E-state index is 0.529. The Kier molecular flexibility index (Phi) is 3.96. The van der Waals surface area contributed by atoms with Gasteiger partial charge < -0.3 is 14.8 Å². The summed E-state index contributed by atoms with van der Waals surface area (Å²) in [6, 6.07) is 0.529. The quantitative estimate of drug-likeness (QED) is 0.814. The van der Waals surface area contributed by atoms with Crippen molar-refractivity contribution in [3.8, 4) is 0 Å². The highest BCUT2D eigenvalue weighted by Crippen LogP contribution is 2.22. The molecule has 1 N–H and O–H groups in total. The highest BCUT2D eigenvalue weighted by atomic mass is 15.1. The van der Waals surface area contributed by atoms with E-state index in [1.165, 1.54) is 25.0 Å². The molecule has 0 amide bonds. The van der Waals surface area contributed by atoms with Crippen molar-refractivity contribution < 1.29 is 0 Å². The van der Waals surface area contributed by atoms with Crippen LogP contribution in [0.2, 0.25) is 0 Å². The fourth-order valence-corrected chi connectivity index (χ4v) is 2.30. The second kappa shape index (κ2) is 5.46. The Morgan fingerprint density at radius 3 is 3.12 bits per heavy atom. The Morgan fingerprint density at radius 2 is 2.44 bits per heavy atom. The fourth-order valence-electron chi connectivity index (χ4n) is 2.30. The summed E-state index contributed by atoms with van der Waals surface area (Å²) in [5.74, 6) is 0. The predicted octanol–water partition coefficient (Wildman–Crippen LogP) is 1.26.